The van der Waals surface area contributed by atoms with Crippen LogP contribution in [0.2, 0.25) is 0 Å². The summed E-state index contributed by atoms with van der Waals surface area (Å²) in [7, 11) is 0. The zero-order chi connectivity index (χ0) is 19.0. The number of amides is 1. The highest BCUT2D eigenvalue weighted by Crippen LogP contribution is 2.13. The van der Waals surface area contributed by atoms with Crippen molar-refractivity contribution in [3.63, 3.8) is 0 Å². The van der Waals surface area contributed by atoms with Crippen LogP contribution >= 0.6 is 0 Å². The van der Waals surface area contributed by atoms with Gasteiger partial charge in [-0.1, -0.05) is 84.0 Å². The van der Waals surface area contributed by atoms with E-state index in [-0.39, 0.29) is 12.3 Å². The molecule has 0 spiro atoms. The van der Waals surface area contributed by atoms with E-state index in [1.54, 1.807) is 0 Å². The first-order valence-electron chi connectivity index (χ1n) is 10.7. The fourth-order valence-corrected chi connectivity index (χ4v) is 3.32. The van der Waals surface area contributed by atoms with Crippen molar-refractivity contribution in [3.8, 4) is 0 Å². The molecule has 0 aliphatic carbocycles. The van der Waals surface area contributed by atoms with Gasteiger partial charge in [-0.2, -0.15) is 0 Å². The number of cyclic esters (lactones) is 2. The molecule has 0 aromatic carbocycles. The fraction of sp³-hybridized carbons (Fsp3) is 0.857. The lowest BCUT2D eigenvalue weighted by Gasteiger charge is -2.20. The van der Waals surface area contributed by atoms with E-state index < -0.39 is 18.0 Å². The molecule has 1 N–H and O–H groups in total. The van der Waals surface area contributed by atoms with Crippen molar-refractivity contribution in [2.75, 3.05) is 0 Å². The molecule has 1 heterocycles. The molecule has 0 unspecified atom stereocenters. The predicted molar refractivity (Wildman–Crippen MR) is 103 cm³/mol. The molecule has 1 amide bonds. The lowest BCUT2D eigenvalue weighted by Crippen LogP contribution is -2.45. The Labute approximate surface area is 158 Å². The quantitative estimate of drug-likeness (QED) is 0.256. The molecule has 1 rings (SSSR count). The predicted octanol–water partition coefficient (Wildman–Crippen LogP) is 4.82. The number of carbonyl (C=O) groups excluding carboxylic acids is 3. The molecule has 1 saturated heterocycles. The molecular formula is C21H37NO4. The van der Waals surface area contributed by atoms with Crippen LogP contribution in [-0.4, -0.2) is 23.9 Å². The Balaban J connectivity index is 1.86. The Morgan fingerprint density at radius 3 is 1.88 bits per heavy atom. The second kappa shape index (κ2) is 14.7. The van der Waals surface area contributed by atoms with E-state index in [0.717, 1.165) is 12.8 Å². The third-order valence-electron chi connectivity index (χ3n) is 4.98. The van der Waals surface area contributed by atoms with Crippen LogP contribution in [0, 0.1) is 0 Å². The second-order valence-corrected chi connectivity index (χ2v) is 7.44. The summed E-state index contributed by atoms with van der Waals surface area (Å²) in [5.41, 5.74) is 0. The molecule has 1 atom stereocenters. The van der Waals surface area contributed by atoms with Gasteiger partial charge in [0.2, 0.25) is 5.91 Å². The van der Waals surface area contributed by atoms with Gasteiger partial charge in [0.1, 0.15) is 6.04 Å². The maximum atomic E-state index is 11.8. The lowest BCUT2D eigenvalue weighted by atomic mass is 10.0. The van der Waals surface area contributed by atoms with Crippen LogP contribution in [0.4, 0.5) is 0 Å². The van der Waals surface area contributed by atoms with Gasteiger partial charge >= 0.3 is 11.9 Å². The van der Waals surface area contributed by atoms with Gasteiger partial charge in [-0.25, -0.2) is 4.79 Å². The largest absolute Gasteiger partial charge is 0.392 e. The van der Waals surface area contributed by atoms with Crippen molar-refractivity contribution in [1.29, 1.82) is 0 Å². The highest BCUT2D eigenvalue weighted by Gasteiger charge is 2.29. The van der Waals surface area contributed by atoms with Crippen molar-refractivity contribution in [2.24, 2.45) is 0 Å². The van der Waals surface area contributed by atoms with Gasteiger partial charge in [-0.3, -0.25) is 9.59 Å². The first kappa shape index (κ1) is 22.7. The molecule has 1 fully saturated rings. The summed E-state index contributed by atoms with van der Waals surface area (Å²) < 4.78 is 4.53. The van der Waals surface area contributed by atoms with Gasteiger partial charge in [0.05, 0.1) is 0 Å². The van der Waals surface area contributed by atoms with Crippen molar-refractivity contribution < 1.29 is 19.1 Å². The molecule has 150 valence electrons. The number of carbonyl (C=O) groups is 3. The molecule has 1 aliphatic heterocycles. The van der Waals surface area contributed by atoms with Gasteiger partial charge < -0.3 is 10.1 Å². The summed E-state index contributed by atoms with van der Waals surface area (Å²) >= 11 is 0. The molecule has 1 aliphatic rings. The highest BCUT2D eigenvalue weighted by molar-refractivity contribution is 5.93. The number of ether oxygens (including phenoxy) is 1. The van der Waals surface area contributed by atoms with Gasteiger partial charge in [-0.05, 0) is 12.8 Å². The summed E-state index contributed by atoms with van der Waals surface area (Å²) in [5.74, 6) is -1.25. The maximum absolute atomic E-state index is 11.8. The van der Waals surface area contributed by atoms with Crippen LogP contribution in [0.1, 0.15) is 110 Å². The van der Waals surface area contributed by atoms with Crippen molar-refractivity contribution in [2.45, 2.75) is 116 Å². The zero-order valence-corrected chi connectivity index (χ0v) is 16.5. The number of esters is 2. The fourth-order valence-electron chi connectivity index (χ4n) is 3.32. The van der Waals surface area contributed by atoms with E-state index >= 15 is 0 Å². The number of nitrogens with one attached hydrogen (secondary N) is 1. The summed E-state index contributed by atoms with van der Waals surface area (Å²) in [6.45, 7) is 2.25. The third-order valence-corrected chi connectivity index (χ3v) is 4.98. The molecule has 0 saturated carbocycles. The third kappa shape index (κ3) is 11.3. The van der Waals surface area contributed by atoms with E-state index in [2.05, 4.69) is 17.0 Å². The molecule has 0 radical (unpaired) electrons. The second-order valence-electron chi connectivity index (χ2n) is 7.44. The molecule has 5 nitrogen and oxygen atoms in total. The number of hydrogen-bond acceptors (Lipinski definition) is 4. The molecule has 0 bridgehead atoms. The van der Waals surface area contributed by atoms with E-state index in [0.29, 0.717) is 12.8 Å². The number of unbranched alkanes of at least 4 members (excludes halogenated alkanes) is 12. The Morgan fingerprint density at radius 2 is 1.38 bits per heavy atom. The molecule has 0 aromatic heterocycles. The molecule has 5 heteroatoms. The zero-order valence-electron chi connectivity index (χ0n) is 16.5. The average Bonchev–Trinajstić information content (AvgIpc) is 2.61. The van der Waals surface area contributed by atoms with Crippen LogP contribution in [-0.2, 0) is 19.1 Å². The van der Waals surface area contributed by atoms with E-state index in [1.807, 2.05) is 0 Å². The standard InChI is InChI=1S/C21H37NO4/c1-2-3-4-5-6-7-8-9-10-11-12-13-14-15-19(23)22-18-16-17-20(24)26-21(18)25/h18H,2-17H2,1H3,(H,22,23)/t18-/m0/s1. The normalized spacial score (nSPS) is 17.2. The smallest absolute Gasteiger partial charge is 0.336 e. The minimum atomic E-state index is -0.651. The topological polar surface area (TPSA) is 72.5 Å². The molecule has 0 aromatic rings. The Kier molecular flexibility index (Phi) is 12.8. The van der Waals surface area contributed by atoms with Crippen LogP contribution in [0.15, 0.2) is 0 Å². The van der Waals surface area contributed by atoms with E-state index in [9.17, 15) is 14.4 Å². The summed E-state index contributed by atoms with van der Waals surface area (Å²) in [5, 5.41) is 2.67. The van der Waals surface area contributed by atoms with E-state index in [1.165, 1.54) is 70.6 Å². The van der Waals surface area contributed by atoms with Gasteiger partial charge in [0, 0.05) is 12.8 Å². The van der Waals surface area contributed by atoms with Crippen LogP contribution in [0.25, 0.3) is 0 Å². The van der Waals surface area contributed by atoms with Crippen molar-refractivity contribution >= 4 is 17.8 Å². The van der Waals surface area contributed by atoms with Gasteiger partial charge in [-0.15, -0.1) is 0 Å². The Hall–Kier alpha value is -1.39. The minimum absolute atomic E-state index is 0.121. The highest BCUT2D eigenvalue weighted by atomic mass is 16.6. The summed E-state index contributed by atoms with van der Waals surface area (Å²) in [4.78, 5) is 34.3. The number of rotatable bonds is 15. The summed E-state index contributed by atoms with van der Waals surface area (Å²) in [6.07, 6.45) is 17.5. The first-order valence-corrected chi connectivity index (χ1v) is 10.7. The number of hydrogen-bond donors (Lipinski definition) is 1. The van der Waals surface area contributed by atoms with E-state index in [4.69, 9.17) is 0 Å². The molecule has 26 heavy (non-hydrogen) atoms. The lowest BCUT2D eigenvalue weighted by molar-refractivity contribution is -0.166. The monoisotopic (exact) mass is 367 g/mol. The minimum Gasteiger partial charge on any atom is -0.392 e. The van der Waals surface area contributed by atoms with Crippen LogP contribution < -0.4 is 5.32 Å². The van der Waals surface area contributed by atoms with Gasteiger partial charge in [0.25, 0.3) is 0 Å². The Bertz CT molecular complexity index is 422. The maximum Gasteiger partial charge on any atom is 0.336 e. The van der Waals surface area contributed by atoms with Crippen LogP contribution in [0.3, 0.4) is 0 Å². The first-order chi connectivity index (χ1) is 12.6. The molecular weight excluding hydrogens is 330 g/mol. The SMILES string of the molecule is CCCCCCCCCCCCCCCC(=O)N[C@H]1CCC(=O)OC1=O. The summed E-state index contributed by atoms with van der Waals surface area (Å²) in [6, 6.07) is -0.651. The van der Waals surface area contributed by atoms with Crippen molar-refractivity contribution in [3.05, 3.63) is 0 Å². The van der Waals surface area contributed by atoms with Crippen molar-refractivity contribution in [1.82, 2.24) is 5.32 Å². The van der Waals surface area contributed by atoms with Crippen LogP contribution in [0.5, 0.6) is 0 Å². The average molecular weight is 368 g/mol. The van der Waals surface area contributed by atoms with Gasteiger partial charge in [0.15, 0.2) is 0 Å². The Morgan fingerprint density at radius 1 is 0.885 bits per heavy atom.